The third-order valence-electron chi connectivity index (χ3n) is 4.27. The molecule has 1 heterocycles. The summed E-state index contributed by atoms with van der Waals surface area (Å²) in [5, 5.41) is -0.281. The number of halogens is 5. The summed E-state index contributed by atoms with van der Waals surface area (Å²) in [7, 11) is 0. The second kappa shape index (κ2) is 8.38. The molecule has 0 aliphatic carbocycles. The molecule has 1 aliphatic rings. The molecule has 1 atom stereocenters. The van der Waals surface area contributed by atoms with E-state index in [2.05, 4.69) is 4.74 Å². The molecular weight excluding hydrogens is 401 g/mol. The van der Waals surface area contributed by atoms with Crippen molar-refractivity contribution in [2.75, 3.05) is 18.8 Å². The van der Waals surface area contributed by atoms with Crippen LogP contribution >= 0.6 is 11.8 Å². The fraction of sp³-hybridized carbons (Fsp3) is 0.316. The summed E-state index contributed by atoms with van der Waals surface area (Å²) in [4.78, 5) is 14.2. The number of hydrogen-bond donors (Lipinski definition) is 0. The highest BCUT2D eigenvalue weighted by Crippen LogP contribution is 2.36. The Bertz CT molecular complexity index is 841. The zero-order chi connectivity index (χ0) is 20.3. The third kappa shape index (κ3) is 5.15. The molecule has 1 saturated heterocycles. The van der Waals surface area contributed by atoms with Gasteiger partial charge in [-0.1, -0.05) is 0 Å². The van der Waals surface area contributed by atoms with Crippen molar-refractivity contribution in [1.82, 2.24) is 4.90 Å². The predicted molar refractivity (Wildman–Crippen MR) is 95.2 cm³/mol. The maximum atomic E-state index is 14.0. The van der Waals surface area contributed by atoms with Gasteiger partial charge in [0.1, 0.15) is 17.4 Å². The number of benzene rings is 2. The fourth-order valence-corrected chi connectivity index (χ4v) is 4.21. The van der Waals surface area contributed by atoms with E-state index in [4.69, 9.17) is 0 Å². The molecule has 28 heavy (non-hydrogen) atoms. The van der Waals surface area contributed by atoms with Crippen LogP contribution in [0.15, 0.2) is 42.5 Å². The highest BCUT2D eigenvalue weighted by molar-refractivity contribution is 7.99. The summed E-state index contributed by atoms with van der Waals surface area (Å²) >= 11 is 1.44. The van der Waals surface area contributed by atoms with Gasteiger partial charge < -0.3 is 9.64 Å². The molecule has 1 amide bonds. The number of carbonyl (C=O) groups is 1. The fourth-order valence-electron chi connectivity index (χ4n) is 2.96. The minimum atomic E-state index is -4.80. The Balaban J connectivity index is 1.66. The number of nitrogens with zero attached hydrogens (tertiary/aromatic N) is 1. The molecule has 3 nitrogen and oxygen atoms in total. The Labute approximate surface area is 162 Å². The normalized spacial score (nSPS) is 17.9. The van der Waals surface area contributed by atoms with Crippen molar-refractivity contribution in [2.45, 2.75) is 18.0 Å². The molecule has 0 radical (unpaired) electrons. The average Bonchev–Trinajstić information content (AvgIpc) is 2.88. The van der Waals surface area contributed by atoms with Crippen molar-refractivity contribution >= 4 is 17.7 Å². The Morgan fingerprint density at radius 2 is 1.79 bits per heavy atom. The van der Waals surface area contributed by atoms with E-state index in [1.54, 1.807) is 4.90 Å². The molecule has 0 N–H and O–H groups in total. The van der Waals surface area contributed by atoms with Crippen LogP contribution in [0, 0.1) is 11.6 Å². The first kappa shape index (κ1) is 20.4. The van der Waals surface area contributed by atoms with Crippen LogP contribution in [0.3, 0.4) is 0 Å². The monoisotopic (exact) mass is 417 g/mol. The van der Waals surface area contributed by atoms with E-state index in [0.29, 0.717) is 25.3 Å². The Hall–Kier alpha value is -2.29. The van der Waals surface area contributed by atoms with Crippen LogP contribution < -0.4 is 4.74 Å². The van der Waals surface area contributed by atoms with Crippen LogP contribution in [0.5, 0.6) is 5.75 Å². The lowest BCUT2D eigenvalue weighted by Crippen LogP contribution is -2.33. The third-order valence-corrected chi connectivity index (χ3v) is 5.58. The molecule has 3 rings (SSSR count). The SMILES string of the molecule is O=C(c1ccc(OC(F)(F)F)cc1)N1CCSC(c2cc(F)ccc2F)CC1. The van der Waals surface area contributed by atoms with Gasteiger partial charge in [-0.3, -0.25) is 4.79 Å². The van der Waals surface area contributed by atoms with Gasteiger partial charge in [0.25, 0.3) is 5.91 Å². The Kier molecular flexibility index (Phi) is 6.12. The molecule has 0 bridgehead atoms. The van der Waals surface area contributed by atoms with Crippen molar-refractivity contribution in [3.05, 3.63) is 65.2 Å². The molecule has 0 aromatic heterocycles. The van der Waals surface area contributed by atoms with Crippen LogP contribution in [-0.4, -0.2) is 36.0 Å². The van der Waals surface area contributed by atoms with Crippen LogP contribution in [0.4, 0.5) is 22.0 Å². The molecule has 1 fully saturated rings. The van der Waals surface area contributed by atoms with E-state index in [0.717, 1.165) is 24.3 Å². The minimum Gasteiger partial charge on any atom is -0.406 e. The average molecular weight is 417 g/mol. The van der Waals surface area contributed by atoms with Crippen molar-refractivity contribution in [2.24, 2.45) is 0 Å². The summed E-state index contributed by atoms with van der Waals surface area (Å²) in [6.07, 6.45) is -4.36. The Morgan fingerprint density at radius 1 is 1.07 bits per heavy atom. The number of carbonyl (C=O) groups excluding carboxylic acids is 1. The molecule has 0 saturated carbocycles. The first-order valence-electron chi connectivity index (χ1n) is 8.44. The maximum absolute atomic E-state index is 14.0. The van der Waals surface area contributed by atoms with E-state index < -0.39 is 23.7 Å². The quantitative estimate of drug-likeness (QED) is 0.645. The van der Waals surface area contributed by atoms with Crippen LogP contribution in [0.25, 0.3) is 0 Å². The molecule has 2 aromatic rings. The topological polar surface area (TPSA) is 29.5 Å². The van der Waals surface area contributed by atoms with Gasteiger partial charge in [-0.05, 0) is 48.9 Å². The minimum absolute atomic E-state index is 0.231. The van der Waals surface area contributed by atoms with E-state index in [-0.39, 0.29) is 22.3 Å². The summed E-state index contributed by atoms with van der Waals surface area (Å²) in [6.45, 7) is 0.727. The maximum Gasteiger partial charge on any atom is 0.573 e. The zero-order valence-electron chi connectivity index (χ0n) is 14.5. The summed E-state index contributed by atoms with van der Waals surface area (Å²) in [5.74, 6) is -1.22. The Morgan fingerprint density at radius 3 is 2.46 bits per heavy atom. The second-order valence-corrected chi connectivity index (χ2v) is 7.49. The molecule has 2 aromatic carbocycles. The van der Waals surface area contributed by atoms with E-state index in [9.17, 15) is 26.7 Å². The van der Waals surface area contributed by atoms with E-state index >= 15 is 0 Å². The predicted octanol–water partition coefficient (Wildman–Crippen LogP) is 5.18. The lowest BCUT2D eigenvalue weighted by atomic mass is 10.1. The van der Waals surface area contributed by atoms with Gasteiger partial charge >= 0.3 is 6.36 Å². The van der Waals surface area contributed by atoms with Crippen LogP contribution in [0.2, 0.25) is 0 Å². The van der Waals surface area contributed by atoms with Crippen LogP contribution in [0.1, 0.15) is 27.6 Å². The van der Waals surface area contributed by atoms with Crippen molar-refractivity contribution in [3.8, 4) is 5.75 Å². The van der Waals surface area contributed by atoms with E-state index in [1.807, 2.05) is 0 Å². The van der Waals surface area contributed by atoms with Crippen molar-refractivity contribution in [1.29, 1.82) is 0 Å². The number of amides is 1. The van der Waals surface area contributed by atoms with Gasteiger partial charge in [0.2, 0.25) is 0 Å². The molecule has 150 valence electrons. The van der Waals surface area contributed by atoms with Crippen LogP contribution in [-0.2, 0) is 0 Å². The molecule has 1 aliphatic heterocycles. The van der Waals surface area contributed by atoms with Gasteiger partial charge in [0.15, 0.2) is 0 Å². The summed E-state index contributed by atoms with van der Waals surface area (Å²) < 4.78 is 67.9. The smallest absolute Gasteiger partial charge is 0.406 e. The molecular formula is C19H16F5NO2S. The lowest BCUT2D eigenvalue weighted by molar-refractivity contribution is -0.274. The highest BCUT2D eigenvalue weighted by atomic mass is 32.2. The zero-order valence-corrected chi connectivity index (χ0v) is 15.3. The van der Waals surface area contributed by atoms with E-state index in [1.165, 1.54) is 30.0 Å². The standard InChI is InChI=1S/C19H16F5NO2S/c20-13-3-6-16(21)15(11-13)17-7-8-25(9-10-28-17)18(26)12-1-4-14(5-2-12)27-19(22,23)24/h1-6,11,17H,7-10H2. The van der Waals surface area contributed by atoms with Gasteiger partial charge in [0, 0.05) is 35.2 Å². The van der Waals surface area contributed by atoms with Gasteiger partial charge in [-0.25, -0.2) is 8.78 Å². The number of thioether (sulfide) groups is 1. The first-order valence-corrected chi connectivity index (χ1v) is 9.49. The van der Waals surface area contributed by atoms with Crippen molar-refractivity contribution in [3.63, 3.8) is 0 Å². The number of rotatable bonds is 3. The van der Waals surface area contributed by atoms with Gasteiger partial charge in [-0.2, -0.15) is 11.8 Å². The molecule has 9 heteroatoms. The number of hydrogen-bond acceptors (Lipinski definition) is 3. The first-order chi connectivity index (χ1) is 13.2. The summed E-state index contributed by atoms with van der Waals surface area (Å²) in [6, 6.07) is 8.02. The van der Waals surface area contributed by atoms with Gasteiger partial charge in [-0.15, -0.1) is 13.2 Å². The molecule has 1 unspecified atom stereocenters. The highest BCUT2D eigenvalue weighted by Gasteiger charge is 2.31. The van der Waals surface area contributed by atoms with Crippen molar-refractivity contribution < 1.29 is 31.5 Å². The summed E-state index contributed by atoms with van der Waals surface area (Å²) in [5.41, 5.74) is 0.503. The largest absolute Gasteiger partial charge is 0.573 e. The van der Waals surface area contributed by atoms with Gasteiger partial charge in [0.05, 0.1) is 0 Å². The number of alkyl halides is 3. The number of ether oxygens (including phenoxy) is 1. The second-order valence-electron chi connectivity index (χ2n) is 6.18. The molecule has 0 spiro atoms. The lowest BCUT2D eigenvalue weighted by Gasteiger charge is -2.20.